The van der Waals surface area contributed by atoms with Gasteiger partial charge in [-0.25, -0.2) is 4.39 Å². The molecule has 2 aromatic rings. The third-order valence-electron chi connectivity index (χ3n) is 4.55. The molecule has 1 unspecified atom stereocenters. The maximum Gasteiger partial charge on any atom is 0.287 e. The molecule has 1 heterocycles. The molecule has 0 fully saturated rings. The Hall–Kier alpha value is -3.55. The molecule has 150 valence electrons. The number of hydrogen-bond acceptors (Lipinski definition) is 4. The average Bonchev–Trinajstić information content (AvgIpc) is 3.09. The first kappa shape index (κ1) is 20.2. The highest BCUT2D eigenvalue weighted by molar-refractivity contribution is 6.38. The van der Waals surface area contributed by atoms with Crippen molar-refractivity contribution in [3.63, 3.8) is 0 Å². The lowest BCUT2D eigenvalue weighted by molar-refractivity contribution is -0.137. The Morgan fingerprint density at radius 1 is 1.31 bits per heavy atom. The van der Waals surface area contributed by atoms with Crippen LogP contribution in [0.25, 0.3) is 11.3 Å². The number of aromatic nitrogens is 2. The summed E-state index contributed by atoms with van der Waals surface area (Å²) in [6, 6.07) is 4.60. The van der Waals surface area contributed by atoms with Gasteiger partial charge in [-0.05, 0) is 37.0 Å². The largest absolute Gasteiger partial charge is 0.363 e. The third-order valence-corrected chi connectivity index (χ3v) is 4.55. The predicted molar refractivity (Wildman–Crippen MR) is 105 cm³/mol. The number of carbonyl (C=O) groups excluding carboxylic acids is 3. The van der Waals surface area contributed by atoms with Crippen molar-refractivity contribution in [2.45, 2.75) is 25.3 Å². The number of Topliss-reactive ketones (excluding diaryl/α,β-unsaturated/α-hetero) is 1. The van der Waals surface area contributed by atoms with Gasteiger partial charge in [0.15, 0.2) is 0 Å². The molecule has 0 aliphatic heterocycles. The predicted octanol–water partition coefficient (Wildman–Crippen LogP) is 2.05. The van der Waals surface area contributed by atoms with Gasteiger partial charge in [0.05, 0.1) is 5.56 Å². The number of halogens is 1. The number of benzene rings is 1. The second-order valence-electron chi connectivity index (χ2n) is 6.79. The highest BCUT2D eigenvalue weighted by Gasteiger charge is 2.28. The van der Waals surface area contributed by atoms with Gasteiger partial charge in [0.2, 0.25) is 5.78 Å². The highest BCUT2D eigenvalue weighted by atomic mass is 19.1. The summed E-state index contributed by atoms with van der Waals surface area (Å²) in [6.45, 7) is 0. The lowest BCUT2D eigenvalue weighted by Crippen LogP contribution is -2.46. The van der Waals surface area contributed by atoms with Gasteiger partial charge in [-0.1, -0.05) is 30.4 Å². The van der Waals surface area contributed by atoms with Crippen LogP contribution >= 0.6 is 0 Å². The Morgan fingerprint density at radius 2 is 2.10 bits per heavy atom. The topological polar surface area (TPSA) is 107 Å². The molecule has 0 saturated heterocycles. The molecule has 0 saturated carbocycles. The molecule has 2 amide bonds. The van der Waals surface area contributed by atoms with Crippen molar-refractivity contribution in [1.29, 1.82) is 0 Å². The number of nitrogens with one attached hydrogen (secondary N) is 1. The Morgan fingerprint density at radius 3 is 2.76 bits per heavy atom. The van der Waals surface area contributed by atoms with Crippen molar-refractivity contribution >= 4 is 17.6 Å². The average molecular weight is 396 g/mol. The van der Waals surface area contributed by atoms with Crippen LogP contribution in [0.5, 0.6) is 0 Å². The van der Waals surface area contributed by atoms with E-state index >= 15 is 0 Å². The third kappa shape index (κ3) is 4.84. The molecule has 1 aliphatic rings. The van der Waals surface area contributed by atoms with E-state index in [-0.39, 0.29) is 17.7 Å². The van der Waals surface area contributed by atoms with E-state index in [1.165, 1.54) is 29.1 Å². The van der Waals surface area contributed by atoms with Crippen LogP contribution in [0.1, 0.15) is 29.6 Å². The van der Waals surface area contributed by atoms with Crippen LogP contribution in [0.15, 0.2) is 54.3 Å². The van der Waals surface area contributed by atoms with Gasteiger partial charge in [0.25, 0.3) is 11.8 Å². The Kier molecular flexibility index (Phi) is 6.01. The number of allylic oxidation sites excluding steroid dienone is 3. The Labute approximate surface area is 167 Å². The van der Waals surface area contributed by atoms with Crippen molar-refractivity contribution in [3.05, 3.63) is 65.6 Å². The van der Waals surface area contributed by atoms with Gasteiger partial charge in [-0.15, -0.1) is 0 Å². The summed E-state index contributed by atoms with van der Waals surface area (Å²) in [7, 11) is 1.63. The number of carbonyl (C=O) groups is 3. The minimum Gasteiger partial charge on any atom is -0.363 e. The fourth-order valence-electron chi connectivity index (χ4n) is 3.18. The van der Waals surface area contributed by atoms with Crippen molar-refractivity contribution in [2.75, 3.05) is 0 Å². The van der Waals surface area contributed by atoms with Crippen molar-refractivity contribution < 1.29 is 18.8 Å². The zero-order valence-corrected chi connectivity index (χ0v) is 15.9. The van der Waals surface area contributed by atoms with Gasteiger partial charge in [-0.2, -0.15) is 5.10 Å². The van der Waals surface area contributed by atoms with Crippen LogP contribution in [0.4, 0.5) is 4.39 Å². The van der Waals surface area contributed by atoms with Crippen LogP contribution in [-0.2, 0) is 16.6 Å². The van der Waals surface area contributed by atoms with E-state index in [4.69, 9.17) is 5.73 Å². The van der Waals surface area contributed by atoms with E-state index in [1.807, 2.05) is 18.2 Å². The van der Waals surface area contributed by atoms with E-state index in [0.29, 0.717) is 5.56 Å². The molecule has 7 nitrogen and oxygen atoms in total. The summed E-state index contributed by atoms with van der Waals surface area (Å²) in [5.41, 5.74) is 6.86. The van der Waals surface area contributed by atoms with E-state index in [0.717, 1.165) is 18.4 Å². The quantitative estimate of drug-likeness (QED) is 0.699. The number of amides is 2. The molecule has 0 bridgehead atoms. The van der Waals surface area contributed by atoms with Gasteiger partial charge in [-0.3, -0.25) is 19.1 Å². The van der Waals surface area contributed by atoms with Crippen LogP contribution < -0.4 is 11.1 Å². The van der Waals surface area contributed by atoms with Crippen molar-refractivity contribution in [3.8, 4) is 11.3 Å². The molecule has 1 atom stereocenters. The number of aryl methyl sites for hydroxylation is 1. The number of ketones is 1. The molecule has 3 N–H and O–H groups in total. The van der Waals surface area contributed by atoms with E-state index in [9.17, 15) is 18.8 Å². The van der Waals surface area contributed by atoms with E-state index in [1.54, 1.807) is 13.1 Å². The van der Waals surface area contributed by atoms with Gasteiger partial charge in [0.1, 0.15) is 17.6 Å². The maximum absolute atomic E-state index is 13.6. The summed E-state index contributed by atoms with van der Waals surface area (Å²) < 4.78 is 15.0. The van der Waals surface area contributed by atoms with E-state index < -0.39 is 29.5 Å². The molecule has 1 aromatic carbocycles. The van der Waals surface area contributed by atoms with Crippen LogP contribution in [0.2, 0.25) is 0 Å². The summed E-state index contributed by atoms with van der Waals surface area (Å²) >= 11 is 0. The summed E-state index contributed by atoms with van der Waals surface area (Å²) in [5.74, 6) is -3.06. The lowest BCUT2D eigenvalue weighted by atomic mass is 9.97. The van der Waals surface area contributed by atoms with Crippen molar-refractivity contribution in [1.82, 2.24) is 15.1 Å². The number of primary amides is 1. The molecule has 0 radical (unpaired) electrons. The highest BCUT2D eigenvalue weighted by Crippen LogP contribution is 2.23. The standard InChI is InChI=1S/C21H21FN4O3/c1-26-12-16(18(25-26)14-8-5-9-15(22)11-14)21(29)24-17(19(27)20(23)28)10-13-6-3-2-4-7-13/h3,5-9,11-12,17H,2,4,10H2,1H3,(H2,23,28)(H,24,29). The fraction of sp³-hybridized carbons (Fsp3) is 0.238. The molecule has 8 heteroatoms. The minimum absolute atomic E-state index is 0.152. The van der Waals surface area contributed by atoms with Crippen LogP contribution in [0, 0.1) is 5.82 Å². The number of nitrogens with two attached hydrogens (primary N) is 1. The van der Waals surface area contributed by atoms with Gasteiger partial charge in [0, 0.05) is 18.8 Å². The van der Waals surface area contributed by atoms with Gasteiger partial charge >= 0.3 is 0 Å². The molecular formula is C21H21FN4O3. The molecule has 29 heavy (non-hydrogen) atoms. The van der Waals surface area contributed by atoms with Crippen LogP contribution in [0.3, 0.4) is 0 Å². The second-order valence-corrected chi connectivity index (χ2v) is 6.79. The van der Waals surface area contributed by atoms with Crippen LogP contribution in [-0.4, -0.2) is 33.4 Å². The maximum atomic E-state index is 13.6. The number of nitrogens with zero attached hydrogens (tertiary/aromatic N) is 2. The number of hydrogen-bond donors (Lipinski definition) is 2. The minimum atomic E-state index is -1.12. The Bertz CT molecular complexity index is 1020. The summed E-state index contributed by atoms with van der Waals surface area (Å²) in [5, 5.41) is 6.82. The zero-order valence-electron chi connectivity index (χ0n) is 15.9. The Balaban J connectivity index is 1.88. The van der Waals surface area contributed by atoms with E-state index in [2.05, 4.69) is 10.4 Å². The lowest BCUT2D eigenvalue weighted by Gasteiger charge is -2.18. The smallest absolute Gasteiger partial charge is 0.287 e. The first-order valence-electron chi connectivity index (χ1n) is 9.15. The van der Waals surface area contributed by atoms with Gasteiger partial charge < -0.3 is 11.1 Å². The zero-order chi connectivity index (χ0) is 21.0. The second kappa shape index (κ2) is 8.64. The molecule has 0 spiro atoms. The summed E-state index contributed by atoms with van der Waals surface area (Å²) in [6.07, 6.45) is 9.13. The monoisotopic (exact) mass is 396 g/mol. The first-order chi connectivity index (χ1) is 13.8. The molecule has 3 rings (SSSR count). The molecular weight excluding hydrogens is 375 g/mol. The number of rotatable bonds is 7. The summed E-state index contributed by atoms with van der Waals surface area (Å²) in [4.78, 5) is 36.6. The molecule has 1 aliphatic carbocycles. The first-order valence-corrected chi connectivity index (χ1v) is 9.15. The fourth-order valence-corrected chi connectivity index (χ4v) is 3.18. The SMILES string of the molecule is Cn1cc(C(=O)NC(CC2=CCCC=C2)C(=O)C(N)=O)c(-c2cccc(F)c2)n1. The normalized spacial score (nSPS) is 14.2. The molecule has 1 aromatic heterocycles. The van der Waals surface area contributed by atoms with Crippen molar-refractivity contribution in [2.24, 2.45) is 12.8 Å².